The number of hydrogen-bond acceptors (Lipinski definition) is 5. The SMILES string of the molecule is Cc1ccc(-n2ncc3c(SCC(=O)NCc4ccc(F)cc4)ncnc32)c(C)c1. The summed E-state index contributed by atoms with van der Waals surface area (Å²) in [4.78, 5) is 20.9. The molecule has 152 valence electrons. The Morgan fingerprint density at radius 2 is 1.93 bits per heavy atom. The van der Waals surface area contributed by atoms with Crippen LogP contribution in [0.5, 0.6) is 0 Å². The third kappa shape index (κ3) is 4.33. The average molecular weight is 422 g/mol. The molecule has 0 fully saturated rings. The molecule has 2 aromatic carbocycles. The third-order valence-electron chi connectivity index (χ3n) is 4.65. The number of carbonyl (C=O) groups excluding carboxylic acids is 1. The minimum Gasteiger partial charge on any atom is -0.351 e. The van der Waals surface area contributed by atoms with Gasteiger partial charge in [-0.3, -0.25) is 4.79 Å². The van der Waals surface area contributed by atoms with Crippen LogP contribution in [0.3, 0.4) is 0 Å². The molecular weight excluding hydrogens is 401 g/mol. The molecule has 6 nitrogen and oxygen atoms in total. The van der Waals surface area contributed by atoms with Crippen molar-refractivity contribution in [2.45, 2.75) is 25.4 Å². The zero-order chi connectivity index (χ0) is 21.1. The molecule has 1 N–H and O–H groups in total. The van der Waals surface area contributed by atoms with Crippen LogP contribution in [0.4, 0.5) is 4.39 Å². The highest BCUT2D eigenvalue weighted by atomic mass is 32.2. The van der Waals surface area contributed by atoms with E-state index < -0.39 is 0 Å². The Labute approximate surface area is 177 Å². The fourth-order valence-corrected chi connectivity index (χ4v) is 3.94. The van der Waals surface area contributed by atoms with Gasteiger partial charge in [0.25, 0.3) is 0 Å². The second kappa shape index (κ2) is 8.62. The van der Waals surface area contributed by atoms with Crippen molar-refractivity contribution in [3.8, 4) is 5.69 Å². The lowest BCUT2D eigenvalue weighted by Crippen LogP contribution is -2.24. The maximum absolute atomic E-state index is 13.0. The highest BCUT2D eigenvalue weighted by molar-refractivity contribution is 8.00. The maximum atomic E-state index is 13.0. The van der Waals surface area contributed by atoms with Crippen LogP contribution < -0.4 is 5.32 Å². The highest BCUT2D eigenvalue weighted by Gasteiger charge is 2.14. The van der Waals surface area contributed by atoms with Crippen molar-refractivity contribution < 1.29 is 9.18 Å². The normalized spacial score (nSPS) is 11.0. The van der Waals surface area contributed by atoms with Crippen LogP contribution in [0.2, 0.25) is 0 Å². The van der Waals surface area contributed by atoms with E-state index >= 15 is 0 Å². The summed E-state index contributed by atoms with van der Waals surface area (Å²) >= 11 is 1.33. The maximum Gasteiger partial charge on any atom is 0.230 e. The molecule has 0 atom stereocenters. The molecule has 0 unspecified atom stereocenters. The molecule has 0 aliphatic carbocycles. The van der Waals surface area contributed by atoms with E-state index in [1.807, 2.05) is 19.1 Å². The summed E-state index contributed by atoms with van der Waals surface area (Å²) in [5.74, 6) is -0.213. The summed E-state index contributed by atoms with van der Waals surface area (Å²) in [5.41, 5.74) is 4.79. The smallest absolute Gasteiger partial charge is 0.230 e. The highest BCUT2D eigenvalue weighted by Crippen LogP contribution is 2.26. The first kappa shape index (κ1) is 20.0. The van der Waals surface area contributed by atoms with Crippen molar-refractivity contribution in [2.75, 3.05) is 5.75 Å². The van der Waals surface area contributed by atoms with Gasteiger partial charge in [-0.1, -0.05) is 41.6 Å². The second-order valence-electron chi connectivity index (χ2n) is 6.95. The summed E-state index contributed by atoms with van der Waals surface area (Å²) in [6.45, 7) is 4.44. The molecule has 0 bridgehead atoms. The van der Waals surface area contributed by atoms with E-state index in [4.69, 9.17) is 0 Å². The van der Waals surface area contributed by atoms with Crippen LogP contribution in [-0.4, -0.2) is 31.4 Å². The molecule has 4 rings (SSSR count). The van der Waals surface area contributed by atoms with Crippen molar-refractivity contribution >= 4 is 28.7 Å². The molecule has 2 heterocycles. The van der Waals surface area contributed by atoms with E-state index in [0.717, 1.165) is 22.2 Å². The summed E-state index contributed by atoms with van der Waals surface area (Å²) in [6.07, 6.45) is 3.22. The van der Waals surface area contributed by atoms with Crippen LogP contribution in [0, 0.1) is 19.7 Å². The van der Waals surface area contributed by atoms with Crippen LogP contribution in [0.15, 0.2) is 60.0 Å². The predicted molar refractivity (Wildman–Crippen MR) is 115 cm³/mol. The van der Waals surface area contributed by atoms with Crippen LogP contribution in [0.1, 0.15) is 16.7 Å². The van der Waals surface area contributed by atoms with Crippen molar-refractivity contribution in [1.82, 2.24) is 25.1 Å². The van der Waals surface area contributed by atoms with Gasteiger partial charge in [-0.15, -0.1) is 0 Å². The van der Waals surface area contributed by atoms with E-state index in [1.165, 1.54) is 35.8 Å². The topological polar surface area (TPSA) is 72.7 Å². The molecule has 0 saturated heterocycles. The summed E-state index contributed by atoms with van der Waals surface area (Å²) in [5, 5.41) is 8.83. The van der Waals surface area contributed by atoms with E-state index in [1.54, 1.807) is 23.0 Å². The van der Waals surface area contributed by atoms with Crippen molar-refractivity contribution in [3.05, 3.63) is 77.5 Å². The zero-order valence-electron chi connectivity index (χ0n) is 16.6. The third-order valence-corrected chi connectivity index (χ3v) is 5.66. The molecule has 0 saturated carbocycles. The number of fused-ring (bicyclic) bond motifs is 1. The van der Waals surface area contributed by atoms with Crippen molar-refractivity contribution in [2.24, 2.45) is 0 Å². The Morgan fingerprint density at radius 1 is 1.13 bits per heavy atom. The molecule has 1 amide bonds. The van der Waals surface area contributed by atoms with Crippen LogP contribution >= 0.6 is 11.8 Å². The van der Waals surface area contributed by atoms with Gasteiger partial charge in [0.05, 0.1) is 23.0 Å². The first-order valence-corrected chi connectivity index (χ1v) is 10.4. The first-order valence-electron chi connectivity index (χ1n) is 9.41. The first-order chi connectivity index (χ1) is 14.5. The van der Waals surface area contributed by atoms with E-state index in [9.17, 15) is 9.18 Å². The van der Waals surface area contributed by atoms with Gasteiger partial charge in [-0.2, -0.15) is 5.10 Å². The van der Waals surface area contributed by atoms with Gasteiger partial charge in [-0.05, 0) is 43.2 Å². The Hall–Kier alpha value is -3.26. The largest absolute Gasteiger partial charge is 0.351 e. The lowest BCUT2D eigenvalue weighted by molar-refractivity contribution is -0.118. The van der Waals surface area contributed by atoms with Crippen molar-refractivity contribution in [3.63, 3.8) is 0 Å². The van der Waals surface area contributed by atoms with Crippen LogP contribution in [-0.2, 0) is 11.3 Å². The van der Waals surface area contributed by atoms with Gasteiger partial charge < -0.3 is 5.32 Å². The number of aromatic nitrogens is 4. The molecule has 4 aromatic rings. The molecule has 0 aliphatic heterocycles. The fourth-order valence-electron chi connectivity index (χ4n) is 3.14. The standard InChI is InChI=1S/C22H20FN5OS/c1-14-3-8-19(15(2)9-14)28-21-18(11-27-28)22(26-13-25-21)30-12-20(29)24-10-16-4-6-17(23)7-5-16/h3-9,11,13H,10,12H2,1-2H3,(H,24,29). The van der Waals surface area contributed by atoms with Gasteiger partial charge in [0, 0.05) is 6.54 Å². The number of amides is 1. The molecular formula is C22H20FN5OS. The number of benzene rings is 2. The van der Waals surface area contributed by atoms with Gasteiger partial charge in [-0.25, -0.2) is 19.0 Å². The second-order valence-corrected chi connectivity index (χ2v) is 7.92. The molecule has 8 heteroatoms. The molecule has 0 spiro atoms. The number of hydrogen-bond donors (Lipinski definition) is 1. The zero-order valence-corrected chi connectivity index (χ0v) is 17.4. The van der Waals surface area contributed by atoms with Crippen molar-refractivity contribution in [1.29, 1.82) is 0 Å². The molecule has 2 aromatic heterocycles. The Bertz CT molecular complexity index is 1210. The molecule has 30 heavy (non-hydrogen) atoms. The summed E-state index contributed by atoms with van der Waals surface area (Å²) in [7, 11) is 0. The number of aryl methyl sites for hydroxylation is 2. The van der Waals surface area contributed by atoms with Gasteiger partial charge in [0.15, 0.2) is 5.65 Å². The number of rotatable bonds is 6. The number of nitrogens with one attached hydrogen (secondary N) is 1. The monoisotopic (exact) mass is 421 g/mol. The van der Waals surface area contributed by atoms with E-state index in [0.29, 0.717) is 17.2 Å². The van der Waals surface area contributed by atoms with Gasteiger partial charge in [0.2, 0.25) is 5.91 Å². The molecule has 0 aliphatic rings. The predicted octanol–water partition coefficient (Wildman–Crippen LogP) is 3.98. The Kier molecular flexibility index (Phi) is 5.76. The van der Waals surface area contributed by atoms with Gasteiger partial charge in [0.1, 0.15) is 17.2 Å². The summed E-state index contributed by atoms with van der Waals surface area (Å²) in [6, 6.07) is 12.2. The Morgan fingerprint density at radius 3 is 2.70 bits per heavy atom. The van der Waals surface area contributed by atoms with Crippen LogP contribution in [0.25, 0.3) is 16.7 Å². The molecule has 0 radical (unpaired) electrons. The lowest BCUT2D eigenvalue weighted by atomic mass is 10.1. The number of halogens is 1. The average Bonchev–Trinajstić information content (AvgIpc) is 3.16. The van der Waals surface area contributed by atoms with Gasteiger partial charge >= 0.3 is 0 Å². The number of nitrogens with zero attached hydrogens (tertiary/aromatic N) is 4. The quantitative estimate of drug-likeness (QED) is 0.377. The summed E-state index contributed by atoms with van der Waals surface area (Å²) < 4.78 is 14.8. The van der Waals surface area contributed by atoms with E-state index in [-0.39, 0.29) is 17.5 Å². The number of thioether (sulfide) groups is 1. The Balaban J connectivity index is 1.46. The minimum atomic E-state index is -0.296. The lowest BCUT2D eigenvalue weighted by Gasteiger charge is -2.08. The van der Waals surface area contributed by atoms with E-state index in [2.05, 4.69) is 33.4 Å². The minimum absolute atomic E-state index is 0.127. The fraction of sp³-hybridized carbons (Fsp3) is 0.182. The number of carbonyl (C=O) groups is 1.